The van der Waals surface area contributed by atoms with Gasteiger partial charge in [0.1, 0.15) is 0 Å². The van der Waals surface area contributed by atoms with Crippen molar-refractivity contribution in [1.29, 1.82) is 0 Å². The van der Waals surface area contributed by atoms with E-state index in [0.29, 0.717) is 19.4 Å². The van der Waals surface area contributed by atoms with Crippen LogP contribution in [0.25, 0.3) is 0 Å². The molecule has 4 heteroatoms. The molecule has 0 radical (unpaired) electrons. The van der Waals surface area contributed by atoms with Gasteiger partial charge in [-0.2, -0.15) is 0 Å². The first-order valence-electron chi connectivity index (χ1n) is 8.30. The first kappa shape index (κ1) is 16.2. The number of hydrogen-bond donors (Lipinski definition) is 1. The fourth-order valence-electron chi connectivity index (χ4n) is 3.21. The van der Waals surface area contributed by atoms with Crippen LogP contribution >= 0.6 is 0 Å². The Morgan fingerprint density at radius 2 is 1.96 bits per heavy atom. The highest BCUT2D eigenvalue weighted by Gasteiger charge is 2.25. The number of nitrogens with zero attached hydrogens (tertiary/aromatic N) is 1. The standard InChI is InChI=1S/C20H22N2O2/c1-14-5-3-6-16(13-14)9-10-19(24)21-18-8-4-7-17-11-12-22(15(2)23)20(17)18/h3-8,13H,9-12H2,1-2H3,(H,21,24). The molecule has 1 aliphatic rings. The Labute approximate surface area is 142 Å². The molecule has 0 unspecified atom stereocenters. The van der Waals surface area contributed by atoms with Crippen molar-refractivity contribution in [2.24, 2.45) is 0 Å². The second-order valence-corrected chi connectivity index (χ2v) is 6.27. The lowest BCUT2D eigenvalue weighted by atomic mass is 10.1. The molecule has 0 bridgehead atoms. The largest absolute Gasteiger partial charge is 0.324 e. The number of nitrogens with one attached hydrogen (secondary N) is 1. The van der Waals surface area contributed by atoms with Gasteiger partial charge in [0, 0.05) is 19.9 Å². The van der Waals surface area contributed by atoms with E-state index in [0.717, 1.165) is 28.9 Å². The maximum Gasteiger partial charge on any atom is 0.224 e. The van der Waals surface area contributed by atoms with E-state index in [1.807, 2.05) is 43.3 Å². The van der Waals surface area contributed by atoms with Crippen LogP contribution in [0.5, 0.6) is 0 Å². The van der Waals surface area contributed by atoms with Crippen LogP contribution in [-0.2, 0) is 22.4 Å². The normalized spacial score (nSPS) is 12.8. The van der Waals surface area contributed by atoms with Crippen LogP contribution in [0.4, 0.5) is 11.4 Å². The van der Waals surface area contributed by atoms with E-state index in [-0.39, 0.29) is 11.8 Å². The first-order chi connectivity index (χ1) is 11.5. The lowest BCUT2D eigenvalue weighted by Crippen LogP contribution is -2.27. The van der Waals surface area contributed by atoms with Crippen molar-refractivity contribution in [3.63, 3.8) is 0 Å². The Balaban J connectivity index is 1.69. The molecule has 24 heavy (non-hydrogen) atoms. The van der Waals surface area contributed by atoms with E-state index >= 15 is 0 Å². The van der Waals surface area contributed by atoms with Gasteiger partial charge in [-0.3, -0.25) is 9.59 Å². The number of aryl methyl sites for hydroxylation is 2. The van der Waals surface area contributed by atoms with Crippen molar-refractivity contribution < 1.29 is 9.59 Å². The number of fused-ring (bicyclic) bond motifs is 1. The van der Waals surface area contributed by atoms with Gasteiger partial charge in [0.15, 0.2) is 0 Å². The summed E-state index contributed by atoms with van der Waals surface area (Å²) in [6, 6.07) is 14.0. The molecule has 0 aliphatic carbocycles. The molecule has 0 fully saturated rings. The summed E-state index contributed by atoms with van der Waals surface area (Å²) >= 11 is 0. The Hall–Kier alpha value is -2.62. The van der Waals surface area contributed by atoms with E-state index in [2.05, 4.69) is 11.4 Å². The molecular formula is C20H22N2O2. The van der Waals surface area contributed by atoms with Crippen molar-refractivity contribution in [1.82, 2.24) is 0 Å². The highest BCUT2D eigenvalue weighted by atomic mass is 16.2. The smallest absolute Gasteiger partial charge is 0.224 e. The molecule has 1 N–H and O–H groups in total. The van der Waals surface area contributed by atoms with Gasteiger partial charge < -0.3 is 10.2 Å². The molecule has 1 heterocycles. The van der Waals surface area contributed by atoms with Gasteiger partial charge in [-0.15, -0.1) is 0 Å². The minimum absolute atomic E-state index is 0.00945. The van der Waals surface area contributed by atoms with Gasteiger partial charge >= 0.3 is 0 Å². The summed E-state index contributed by atoms with van der Waals surface area (Å²) < 4.78 is 0. The average Bonchev–Trinajstić information content (AvgIpc) is 2.98. The fourth-order valence-corrected chi connectivity index (χ4v) is 3.21. The van der Waals surface area contributed by atoms with Crippen molar-refractivity contribution in [2.75, 3.05) is 16.8 Å². The number of amides is 2. The van der Waals surface area contributed by atoms with E-state index in [1.54, 1.807) is 11.8 Å². The molecule has 2 aromatic carbocycles. The monoisotopic (exact) mass is 322 g/mol. The highest BCUT2D eigenvalue weighted by Crippen LogP contribution is 2.35. The second-order valence-electron chi connectivity index (χ2n) is 6.27. The number of anilines is 2. The topological polar surface area (TPSA) is 49.4 Å². The number of hydrogen-bond acceptors (Lipinski definition) is 2. The Morgan fingerprint density at radius 1 is 1.17 bits per heavy atom. The van der Waals surface area contributed by atoms with Gasteiger partial charge in [0.2, 0.25) is 11.8 Å². The highest BCUT2D eigenvalue weighted by molar-refractivity contribution is 6.02. The molecule has 2 amide bonds. The molecule has 4 nitrogen and oxygen atoms in total. The summed E-state index contributed by atoms with van der Waals surface area (Å²) in [5, 5.41) is 2.98. The Morgan fingerprint density at radius 3 is 2.71 bits per heavy atom. The molecular weight excluding hydrogens is 300 g/mol. The van der Waals surface area contributed by atoms with Crippen LogP contribution < -0.4 is 10.2 Å². The second kappa shape index (κ2) is 6.87. The maximum absolute atomic E-state index is 12.3. The molecule has 0 atom stereocenters. The number of benzene rings is 2. The summed E-state index contributed by atoms with van der Waals surface area (Å²) in [4.78, 5) is 25.9. The van der Waals surface area contributed by atoms with Crippen LogP contribution in [0.15, 0.2) is 42.5 Å². The van der Waals surface area contributed by atoms with Gasteiger partial charge in [0.05, 0.1) is 11.4 Å². The van der Waals surface area contributed by atoms with Crippen LogP contribution in [0.1, 0.15) is 30.0 Å². The number of carbonyl (C=O) groups excluding carboxylic acids is 2. The number of carbonyl (C=O) groups is 2. The van der Waals surface area contributed by atoms with E-state index in [1.165, 1.54) is 5.56 Å². The minimum Gasteiger partial charge on any atom is -0.324 e. The van der Waals surface area contributed by atoms with Crippen molar-refractivity contribution in [3.8, 4) is 0 Å². The van der Waals surface area contributed by atoms with Crippen molar-refractivity contribution >= 4 is 23.2 Å². The van der Waals surface area contributed by atoms with Crippen molar-refractivity contribution in [3.05, 3.63) is 59.2 Å². The average molecular weight is 322 g/mol. The van der Waals surface area contributed by atoms with E-state index in [4.69, 9.17) is 0 Å². The zero-order valence-corrected chi connectivity index (χ0v) is 14.1. The minimum atomic E-state index is -0.0275. The van der Waals surface area contributed by atoms with Gasteiger partial charge in [-0.25, -0.2) is 0 Å². The predicted molar refractivity (Wildman–Crippen MR) is 96.3 cm³/mol. The quantitative estimate of drug-likeness (QED) is 0.937. The first-order valence-corrected chi connectivity index (χ1v) is 8.30. The number of rotatable bonds is 4. The molecule has 0 spiro atoms. The Kier molecular flexibility index (Phi) is 4.65. The van der Waals surface area contributed by atoms with Crippen molar-refractivity contribution in [2.45, 2.75) is 33.1 Å². The zero-order valence-electron chi connectivity index (χ0n) is 14.1. The Bertz CT molecular complexity index is 783. The van der Waals surface area contributed by atoms with Crippen LogP contribution in [-0.4, -0.2) is 18.4 Å². The SMILES string of the molecule is CC(=O)N1CCc2cccc(NC(=O)CCc3cccc(C)c3)c21. The maximum atomic E-state index is 12.3. The molecule has 124 valence electrons. The third kappa shape index (κ3) is 3.48. The lowest BCUT2D eigenvalue weighted by Gasteiger charge is -2.19. The summed E-state index contributed by atoms with van der Waals surface area (Å²) in [7, 11) is 0. The molecule has 0 aromatic heterocycles. The molecule has 3 rings (SSSR count). The van der Waals surface area contributed by atoms with Gasteiger partial charge in [-0.05, 0) is 37.0 Å². The van der Waals surface area contributed by atoms with Crippen LogP contribution in [0, 0.1) is 6.92 Å². The number of para-hydroxylation sites is 1. The fraction of sp³-hybridized carbons (Fsp3) is 0.300. The zero-order chi connectivity index (χ0) is 17.1. The lowest BCUT2D eigenvalue weighted by molar-refractivity contribution is -0.117. The molecule has 2 aromatic rings. The van der Waals surface area contributed by atoms with Crippen LogP contribution in [0.3, 0.4) is 0 Å². The van der Waals surface area contributed by atoms with E-state index < -0.39 is 0 Å². The third-order valence-electron chi connectivity index (χ3n) is 4.37. The summed E-state index contributed by atoms with van der Waals surface area (Å²) in [6.45, 7) is 4.29. The molecule has 0 saturated carbocycles. The van der Waals surface area contributed by atoms with E-state index in [9.17, 15) is 9.59 Å². The predicted octanol–water partition coefficient (Wildman–Crippen LogP) is 3.48. The third-order valence-corrected chi connectivity index (χ3v) is 4.37. The van der Waals surface area contributed by atoms with Crippen LogP contribution in [0.2, 0.25) is 0 Å². The van der Waals surface area contributed by atoms with Gasteiger partial charge in [-0.1, -0.05) is 42.0 Å². The molecule has 0 saturated heterocycles. The summed E-state index contributed by atoms with van der Waals surface area (Å²) in [5.41, 5.74) is 5.06. The summed E-state index contributed by atoms with van der Waals surface area (Å²) in [6.07, 6.45) is 1.97. The van der Waals surface area contributed by atoms with Gasteiger partial charge in [0.25, 0.3) is 0 Å². The summed E-state index contributed by atoms with van der Waals surface area (Å²) in [5.74, 6) is -0.0180. The molecule has 1 aliphatic heterocycles.